The van der Waals surface area contributed by atoms with Crippen molar-refractivity contribution in [2.45, 2.75) is 76.5 Å². The molecule has 2 aromatic rings. The first kappa shape index (κ1) is 19.9. The van der Waals surface area contributed by atoms with E-state index in [-0.39, 0.29) is 12.1 Å². The Hall–Kier alpha value is -2.40. The van der Waals surface area contributed by atoms with Crippen molar-refractivity contribution in [3.63, 3.8) is 0 Å². The average molecular weight is 394 g/mol. The largest absolute Gasteiger partial charge is 0.316 e. The van der Waals surface area contributed by atoms with E-state index >= 15 is 0 Å². The van der Waals surface area contributed by atoms with Gasteiger partial charge >= 0.3 is 11.1 Å². The molecular formula is C24H31N3O2. The number of allylic oxidation sites excluding steroid dienone is 1. The Kier molecular flexibility index (Phi) is 5.86. The molecule has 0 fully saturated rings. The quantitative estimate of drug-likeness (QED) is 0.627. The molecule has 1 unspecified atom stereocenters. The van der Waals surface area contributed by atoms with Gasteiger partial charge in [-0.15, -0.1) is 0 Å². The van der Waals surface area contributed by atoms with Crippen molar-refractivity contribution in [2.75, 3.05) is 0 Å². The zero-order valence-corrected chi connectivity index (χ0v) is 17.4. The van der Waals surface area contributed by atoms with E-state index in [2.05, 4.69) is 48.0 Å². The number of aromatic nitrogens is 2. The molecule has 5 heteroatoms. The van der Waals surface area contributed by atoms with E-state index in [9.17, 15) is 9.59 Å². The van der Waals surface area contributed by atoms with E-state index in [0.29, 0.717) is 17.6 Å². The van der Waals surface area contributed by atoms with Crippen LogP contribution in [0.1, 0.15) is 58.4 Å². The van der Waals surface area contributed by atoms with Crippen molar-refractivity contribution in [3.8, 4) is 0 Å². The first-order chi connectivity index (χ1) is 14.1. The Morgan fingerprint density at radius 3 is 2.79 bits per heavy atom. The van der Waals surface area contributed by atoms with Crippen molar-refractivity contribution in [3.05, 3.63) is 69.3 Å². The number of benzene rings is 1. The van der Waals surface area contributed by atoms with E-state index in [1.165, 1.54) is 32.1 Å². The van der Waals surface area contributed by atoms with Crippen molar-refractivity contribution in [1.29, 1.82) is 0 Å². The molecule has 0 spiro atoms. The fourth-order valence-electron chi connectivity index (χ4n) is 5.01. The van der Waals surface area contributed by atoms with Crippen molar-refractivity contribution in [2.24, 2.45) is 0 Å². The average Bonchev–Trinajstić information content (AvgIpc) is 3.03. The molecule has 154 valence electrons. The maximum absolute atomic E-state index is 12.7. The second-order valence-corrected chi connectivity index (χ2v) is 8.50. The van der Waals surface area contributed by atoms with Crippen LogP contribution < -0.4 is 11.1 Å². The molecule has 1 aromatic heterocycles. The SMILES string of the molecule is C[C@H](C[C@@H]1C=C[C@H](C)N1C1/C=C\CCCCC1)n1c(=O)c(=O)[nH]c2ccccc21. The number of hydrogen-bond acceptors (Lipinski definition) is 3. The lowest BCUT2D eigenvalue weighted by Gasteiger charge is -2.37. The number of hydrogen-bond donors (Lipinski definition) is 1. The van der Waals surface area contributed by atoms with Gasteiger partial charge in [-0.25, -0.2) is 0 Å². The Morgan fingerprint density at radius 2 is 1.93 bits per heavy atom. The second kappa shape index (κ2) is 8.54. The summed E-state index contributed by atoms with van der Waals surface area (Å²) in [7, 11) is 0. The summed E-state index contributed by atoms with van der Waals surface area (Å²) in [5, 5.41) is 0. The molecule has 0 radical (unpaired) electrons. The predicted molar refractivity (Wildman–Crippen MR) is 118 cm³/mol. The highest BCUT2D eigenvalue weighted by molar-refractivity contribution is 5.74. The number of aromatic amines is 1. The lowest BCUT2D eigenvalue weighted by atomic mass is 9.98. The second-order valence-electron chi connectivity index (χ2n) is 8.50. The minimum absolute atomic E-state index is 0.0744. The summed E-state index contributed by atoms with van der Waals surface area (Å²) >= 11 is 0. The Labute approximate surface area is 171 Å². The smallest absolute Gasteiger partial charge is 0.316 e. The number of fused-ring (bicyclic) bond motifs is 1. The van der Waals surface area contributed by atoms with E-state index in [4.69, 9.17) is 0 Å². The molecular weight excluding hydrogens is 362 g/mol. The molecule has 0 amide bonds. The van der Waals surface area contributed by atoms with E-state index < -0.39 is 11.1 Å². The minimum atomic E-state index is -0.550. The van der Waals surface area contributed by atoms with Gasteiger partial charge in [0.2, 0.25) is 0 Å². The van der Waals surface area contributed by atoms with Crippen LogP contribution in [0.2, 0.25) is 0 Å². The zero-order chi connectivity index (χ0) is 20.4. The van der Waals surface area contributed by atoms with Crippen LogP contribution in [0, 0.1) is 0 Å². The number of rotatable bonds is 4. The van der Waals surface area contributed by atoms with Gasteiger partial charge in [0.25, 0.3) is 0 Å². The molecule has 1 aliphatic heterocycles. The Balaban J connectivity index is 1.63. The maximum atomic E-state index is 12.7. The van der Waals surface area contributed by atoms with Crippen molar-refractivity contribution >= 4 is 11.0 Å². The van der Waals surface area contributed by atoms with Gasteiger partial charge in [-0.2, -0.15) is 0 Å². The first-order valence-electron chi connectivity index (χ1n) is 10.9. The molecule has 4 atom stereocenters. The molecule has 0 bridgehead atoms. The summed E-state index contributed by atoms with van der Waals surface area (Å²) in [5.41, 5.74) is 0.477. The van der Waals surface area contributed by atoms with E-state index in [1.807, 2.05) is 24.3 Å². The summed E-state index contributed by atoms with van der Waals surface area (Å²) in [6.45, 7) is 4.30. The molecule has 5 nitrogen and oxygen atoms in total. The van der Waals surface area contributed by atoms with Crippen LogP contribution in [0.15, 0.2) is 58.2 Å². The van der Waals surface area contributed by atoms with Gasteiger partial charge in [-0.1, -0.05) is 49.3 Å². The van der Waals surface area contributed by atoms with Gasteiger partial charge in [0.05, 0.1) is 11.0 Å². The third-order valence-electron chi connectivity index (χ3n) is 6.43. The normalized spacial score (nSPS) is 27.6. The molecule has 2 aliphatic rings. The number of nitrogens with zero attached hydrogens (tertiary/aromatic N) is 2. The summed E-state index contributed by atoms with van der Waals surface area (Å²) in [6, 6.07) is 8.55. The molecule has 29 heavy (non-hydrogen) atoms. The molecule has 0 saturated carbocycles. The fourth-order valence-corrected chi connectivity index (χ4v) is 5.01. The Morgan fingerprint density at radius 1 is 1.10 bits per heavy atom. The van der Waals surface area contributed by atoms with Gasteiger partial charge in [-0.3, -0.25) is 19.1 Å². The molecule has 4 rings (SSSR count). The summed E-state index contributed by atoms with van der Waals surface area (Å²) < 4.78 is 1.68. The van der Waals surface area contributed by atoms with Crippen LogP contribution in [0.4, 0.5) is 0 Å². The maximum Gasteiger partial charge on any atom is 0.316 e. The highest BCUT2D eigenvalue weighted by atomic mass is 16.2. The third kappa shape index (κ3) is 4.01. The lowest BCUT2D eigenvalue weighted by Crippen LogP contribution is -2.45. The van der Waals surface area contributed by atoms with Crippen molar-refractivity contribution < 1.29 is 0 Å². The van der Waals surface area contributed by atoms with Crippen LogP contribution in [-0.4, -0.2) is 32.6 Å². The zero-order valence-electron chi connectivity index (χ0n) is 17.4. The lowest BCUT2D eigenvalue weighted by molar-refractivity contribution is 0.151. The number of para-hydroxylation sites is 2. The fraction of sp³-hybridized carbons (Fsp3) is 0.500. The highest BCUT2D eigenvalue weighted by Gasteiger charge is 2.32. The summed E-state index contributed by atoms with van der Waals surface area (Å²) in [4.78, 5) is 30.2. The molecule has 2 heterocycles. The van der Waals surface area contributed by atoms with Gasteiger partial charge < -0.3 is 4.98 Å². The highest BCUT2D eigenvalue weighted by Crippen LogP contribution is 2.30. The number of H-pyrrole nitrogens is 1. The molecule has 1 aliphatic carbocycles. The third-order valence-corrected chi connectivity index (χ3v) is 6.43. The monoisotopic (exact) mass is 393 g/mol. The minimum Gasteiger partial charge on any atom is -0.316 e. The van der Waals surface area contributed by atoms with Crippen LogP contribution >= 0.6 is 0 Å². The predicted octanol–water partition coefficient (Wildman–Crippen LogP) is 4.16. The molecule has 1 aromatic carbocycles. The van der Waals surface area contributed by atoms with Gasteiger partial charge in [0.1, 0.15) is 0 Å². The topological polar surface area (TPSA) is 58.1 Å². The van der Waals surface area contributed by atoms with E-state index in [0.717, 1.165) is 11.9 Å². The van der Waals surface area contributed by atoms with Gasteiger partial charge in [-0.05, 0) is 51.7 Å². The van der Waals surface area contributed by atoms with Crippen LogP contribution in [0.25, 0.3) is 11.0 Å². The molecule has 1 N–H and O–H groups in total. The first-order valence-corrected chi connectivity index (χ1v) is 10.9. The van der Waals surface area contributed by atoms with Crippen LogP contribution in [0.3, 0.4) is 0 Å². The van der Waals surface area contributed by atoms with Gasteiger partial charge in [0, 0.05) is 24.2 Å². The number of nitrogens with one attached hydrogen (secondary N) is 1. The van der Waals surface area contributed by atoms with Crippen LogP contribution in [0.5, 0.6) is 0 Å². The summed E-state index contributed by atoms with van der Waals surface area (Å²) in [5.74, 6) is 0. The van der Waals surface area contributed by atoms with Crippen LogP contribution in [-0.2, 0) is 0 Å². The van der Waals surface area contributed by atoms with Crippen molar-refractivity contribution in [1.82, 2.24) is 14.5 Å². The van der Waals surface area contributed by atoms with E-state index in [1.54, 1.807) is 4.57 Å². The Bertz CT molecular complexity index is 1030. The summed E-state index contributed by atoms with van der Waals surface area (Å²) in [6.07, 6.45) is 16.3. The standard InChI is InChI=1S/C24H31N3O2/c1-17-14-15-20(26(17)19-10-6-4-3-5-7-11-19)16-18(2)27-22-13-9-8-12-21(22)25-23(28)24(27)29/h6,8-10,12-15,17-20H,3-5,7,11,16H2,1-2H3,(H,25,28)/b10-6-/t17-,18+,19?,20-/m0/s1. The molecule has 0 saturated heterocycles. The van der Waals surface area contributed by atoms with Gasteiger partial charge in [0.15, 0.2) is 0 Å².